The first-order valence-electron chi connectivity index (χ1n) is 6.45. The number of aromatic nitrogens is 1. The summed E-state index contributed by atoms with van der Waals surface area (Å²) in [4.78, 5) is 10.8. The van der Waals surface area contributed by atoms with Crippen LogP contribution >= 0.6 is 0 Å². The molecule has 0 radical (unpaired) electrons. The third kappa shape index (κ3) is 2.48. The quantitative estimate of drug-likeness (QED) is 0.510. The Kier molecular flexibility index (Phi) is 3.34. The summed E-state index contributed by atoms with van der Waals surface area (Å²) in [5, 5.41) is 1.12. The highest BCUT2D eigenvalue weighted by atomic mass is 16.1. The molecule has 1 heterocycles. The summed E-state index contributed by atoms with van der Waals surface area (Å²) < 4.78 is 2.05. The fraction of sp³-hybridized carbons (Fsp3) is 0.0556. The van der Waals surface area contributed by atoms with E-state index in [1.165, 1.54) is 0 Å². The van der Waals surface area contributed by atoms with Crippen molar-refractivity contribution in [2.75, 3.05) is 0 Å². The van der Waals surface area contributed by atoms with E-state index in [9.17, 15) is 4.79 Å². The van der Waals surface area contributed by atoms with Gasteiger partial charge >= 0.3 is 0 Å². The molecule has 0 bridgehead atoms. The van der Waals surface area contributed by atoms with Crippen molar-refractivity contribution in [3.8, 4) is 11.8 Å². The first kappa shape index (κ1) is 12.3. The van der Waals surface area contributed by atoms with E-state index in [-0.39, 0.29) is 0 Å². The summed E-state index contributed by atoms with van der Waals surface area (Å²) in [6.07, 6.45) is 2.87. The first-order chi connectivity index (χ1) is 9.86. The lowest BCUT2D eigenvalue weighted by atomic mass is 10.2. The van der Waals surface area contributed by atoms with E-state index in [1.54, 1.807) is 0 Å². The fourth-order valence-electron chi connectivity index (χ4n) is 2.16. The smallest absolute Gasteiger partial charge is 0.150 e. The van der Waals surface area contributed by atoms with Gasteiger partial charge in [0.15, 0.2) is 0 Å². The zero-order valence-electron chi connectivity index (χ0n) is 10.9. The predicted octanol–water partition coefficient (Wildman–Crippen LogP) is 3.51. The average Bonchev–Trinajstić information content (AvgIpc) is 2.91. The van der Waals surface area contributed by atoms with Gasteiger partial charge in [-0.3, -0.25) is 4.79 Å². The van der Waals surface area contributed by atoms with Crippen LogP contribution in [0.25, 0.3) is 10.9 Å². The third-order valence-electron chi connectivity index (χ3n) is 3.19. The number of rotatable bonds is 2. The molecule has 3 rings (SSSR count). The second-order valence-corrected chi connectivity index (χ2v) is 4.55. The highest BCUT2D eigenvalue weighted by Crippen LogP contribution is 2.16. The highest BCUT2D eigenvalue weighted by Gasteiger charge is 2.00. The molecule has 0 amide bonds. The molecule has 0 N–H and O–H groups in total. The highest BCUT2D eigenvalue weighted by molar-refractivity contribution is 5.87. The molecule has 1 aromatic heterocycles. The lowest BCUT2D eigenvalue weighted by Crippen LogP contribution is -1.93. The Labute approximate surface area is 117 Å². The average molecular weight is 259 g/mol. The number of fused-ring (bicyclic) bond motifs is 1. The van der Waals surface area contributed by atoms with Crippen LogP contribution < -0.4 is 0 Å². The first-order valence-corrected chi connectivity index (χ1v) is 6.45. The van der Waals surface area contributed by atoms with Crippen molar-refractivity contribution in [1.29, 1.82) is 0 Å². The summed E-state index contributed by atoms with van der Waals surface area (Å²) in [6.45, 7) is 0.612. The van der Waals surface area contributed by atoms with E-state index in [4.69, 9.17) is 0 Å². The number of aldehydes is 1. The largest absolute Gasteiger partial charge is 0.336 e. The Bertz CT molecular complexity index is 804. The van der Waals surface area contributed by atoms with Crippen LogP contribution in [0.15, 0.2) is 60.8 Å². The maximum Gasteiger partial charge on any atom is 0.150 e. The Balaban J connectivity index is 1.88. The molecule has 20 heavy (non-hydrogen) atoms. The topological polar surface area (TPSA) is 22.0 Å². The predicted molar refractivity (Wildman–Crippen MR) is 80.6 cm³/mol. The van der Waals surface area contributed by atoms with Crippen LogP contribution in [0, 0.1) is 11.8 Å². The molecule has 2 aromatic carbocycles. The summed E-state index contributed by atoms with van der Waals surface area (Å²) in [6, 6.07) is 17.6. The minimum atomic E-state index is 0.612. The molecule has 96 valence electrons. The Morgan fingerprint density at radius 2 is 1.90 bits per heavy atom. The van der Waals surface area contributed by atoms with E-state index in [0.717, 1.165) is 22.8 Å². The molecule has 0 atom stereocenters. The van der Waals surface area contributed by atoms with Gasteiger partial charge in [-0.15, -0.1) is 0 Å². The molecule has 0 saturated carbocycles. The fourth-order valence-corrected chi connectivity index (χ4v) is 2.16. The summed E-state index contributed by atoms with van der Waals surface area (Å²) >= 11 is 0. The van der Waals surface area contributed by atoms with Crippen LogP contribution in [-0.4, -0.2) is 10.9 Å². The van der Waals surface area contributed by atoms with Gasteiger partial charge in [0.1, 0.15) is 6.29 Å². The van der Waals surface area contributed by atoms with Gasteiger partial charge < -0.3 is 4.57 Å². The van der Waals surface area contributed by atoms with Crippen molar-refractivity contribution in [2.24, 2.45) is 0 Å². The van der Waals surface area contributed by atoms with Crippen molar-refractivity contribution < 1.29 is 4.79 Å². The maximum atomic E-state index is 10.8. The Hall–Kier alpha value is -2.79. The van der Waals surface area contributed by atoms with E-state index in [0.29, 0.717) is 12.1 Å². The van der Waals surface area contributed by atoms with Crippen molar-refractivity contribution in [1.82, 2.24) is 4.57 Å². The Morgan fingerprint density at radius 1 is 1.05 bits per heavy atom. The zero-order chi connectivity index (χ0) is 13.8. The van der Waals surface area contributed by atoms with Gasteiger partial charge in [-0.2, -0.15) is 0 Å². The van der Waals surface area contributed by atoms with Crippen LogP contribution in [0.5, 0.6) is 0 Å². The maximum absolute atomic E-state index is 10.8. The van der Waals surface area contributed by atoms with Crippen LogP contribution in [0.4, 0.5) is 0 Å². The van der Waals surface area contributed by atoms with Gasteiger partial charge in [0.2, 0.25) is 0 Å². The number of hydrogen-bond acceptors (Lipinski definition) is 1. The van der Waals surface area contributed by atoms with Gasteiger partial charge in [-0.25, -0.2) is 0 Å². The number of hydrogen-bond donors (Lipinski definition) is 0. The summed E-state index contributed by atoms with van der Waals surface area (Å²) in [7, 11) is 0. The molecular weight excluding hydrogens is 246 g/mol. The number of nitrogens with zero attached hydrogens (tertiary/aromatic N) is 1. The standard InChI is InChI=1S/C18H13NO/c20-14-16-8-9-17-10-12-19(18(17)13-16)11-4-7-15-5-2-1-3-6-15/h1-3,5-6,8-10,12-14H,11H2. The van der Waals surface area contributed by atoms with E-state index in [1.807, 2.05) is 60.8 Å². The molecular formula is C18H13NO. The number of carbonyl (C=O) groups is 1. The molecule has 0 unspecified atom stereocenters. The van der Waals surface area contributed by atoms with E-state index in [2.05, 4.69) is 16.4 Å². The summed E-state index contributed by atoms with van der Waals surface area (Å²) in [5.74, 6) is 6.29. The molecule has 3 aromatic rings. The van der Waals surface area contributed by atoms with Crippen LogP contribution in [0.1, 0.15) is 15.9 Å². The van der Waals surface area contributed by atoms with Crippen molar-refractivity contribution in [3.63, 3.8) is 0 Å². The lowest BCUT2D eigenvalue weighted by molar-refractivity contribution is 0.112. The minimum absolute atomic E-state index is 0.612. The zero-order valence-corrected chi connectivity index (χ0v) is 10.9. The van der Waals surface area contributed by atoms with Crippen LogP contribution in [0.3, 0.4) is 0 Å². The van der Waals surface area contributed by atoms with Gasteiger partial charge in [0.05, 0.1) is 6.54 Å². The second kappa shape index (κ2) is 5.46. The van der Waals surface area contributed by atoms with Crippen molar-refractivity contribution in [3.05, 3.63) is 71.9 Å². The molecule has 0 aliphatic heterocycles. The number of benzene rings is 2. The van der Waals surface area contributed by atoms with Crippen LogP contribution in [0.2, 0.25) is 0 Å². The molecule has 2 nitrogen and oxygen atoms in total. The molecule has 2 heteroatoms. The number of carbonyl (C=O) groups excluding carboxylic acids is 1. The normalized spacial score (nSPS) is 10.0. The monoisotopic (exact) mass is 259 g/mol. The molecule has 0 aliphatic rings. The SMILES string of the molecule is O=Cc1ccc2ccn(CC#Cc3ccccc3)c2c1. The van der Waals surface area contributed by atoms with Crippen molar-refractivity contribution in [2.45, 2.75) is 6.54 Å². The van der Waals surface area contributed by atoms with E-state index >= 15 is 0 Å². The molecule has 0 saturated heterocycles. The molecule has 0 spiro atoms. The molecule has 0 aliphatic carbocycles. The summed E-state index contributed by atoms with van der Waals surface area (Å²) in [5.41, 5.74) is 2.74. The second-order valence-electron chi connectivity index (χ2n) is 4.55. The van der Waals surface area contributed by atoms with Gasteiger partial charge in [-0.1, -0.05) is 42.2 Å². The minimum Gasteiger partial charge on any atom is -0.336 e. The van der Waals surface area contributed by atoms with Gasteiger partial charge in [0.25, 0.3) is 0 Å². The Morgan fingerprint density at radius 3 is 2.70 bits per heavy atom. The van der Waals surface area contributed by atoms with E-state index < -0.39 is 0 Å². The van der Waals surface area contributed by atoms with Crippen molar-refractivity contribution >= 4 is 17.2 Å². The lowest BCUT2D eigenvalue weighted by Gasteiger charge is -2.00. The van der Waals surface area contributed by atoms with Gasteiger partial charge in [-0.05, 0) is 29.7 Å². The van der Waals surface area contributed by atoms with Crippen LogP contribution in [-0.2, 0) is 6.54 Å². The third-order valence-corrected chi connectivity index (χ3v) is 3.19. The molecule has 0 fully saturated rings. The van der Waals surface area contributed by atoms with Gasteiger partial charge in [0, 0.05) is 22.8 Å².